The summed E-state index contributed by atoms with van der Waals surface area (Å²) in [6.07, 6.45) is 5.06. The molecule has 0 fully saturated rings. The van der Waals surface area contributed by atoms with Crippen molar-refractivity contribution in [3.63, 3.8) is 0 Å². The molecule has 0 aliphatic rings. The molecule has 1 aromatic carbocycles. The van der Waals surface area contributed by atoms with Crippen molar-refractivity contribution in [1.82, 2.24) is 30.0 Å². The number of Topliss-reactive ketones (excluding diaryl/α,β-unsaturated/α-hetero) is 1. The summed E-state index contributed by atoms with van der Waals surface area (Å²) in [7, 11) is 0. The number of aromatic nitrogens is 4. The van der Waals surface area contributed by atoms with E-state index in [0.29, 0.717) is 22.1 Å². The van der Waals surface area contributed by atoms with Gasteiger partial charge in [-0.1, -0.05) is 6.07 Å². The molecule has 0 aliphatic heterocycles. The molecule has 10 nitrogen and oxygen atoms in total. The largest absolute Gasteiger partial charge is 0.354 e. The van der Waals surface area contributed by atoms with Crippen LogP contribution in [0.15, 0.2) is 65.7 Å². The average Bonchev–Trinajstić information content (AvgIpc) is 3.25. The molecule has 2 N–H and O–H groups in total. The molecular weight excluding hydrogens is 550 g/mol. The number of hydrogen-bond donors (Lipinski definition) is 2. The number of nitrogens with zero attached hydrogens (tertiary/aromatic N) is 5. The number of halogens is 1. The van der Waals surface area contributed by atoms with Gasteiger partial charge in [-0.15, -0.1) is 0 Å². The van der Waals surface area contributed by atoms with E-state index in [0.717, 1.165) is 16.9 Å². The Labute approximate surface area is 228 Å². The van der Waals surface area contributed by atoms with Crippen LogP contribution in [0.2, 0.25) is 0 Å². The summed E-state index contributed by atoms with van der Waals surface area (Å²) in [5, 5.41) is 11.2. The Balaban J connectivity index is 1.49. The molecule has 11 heteroatoms. The van der Waals surface area contributed by atoms with Crippen LogP contribution in [0.3, 0.4) is 0 Å². The van der Waals surface area contributed by atoms with Gasteiger partial charge in [-0.05, 0) is 71.7 Å². The lowest BCUT2D eigenvalue weighted by Crippen LogP contribution is -2.45. The summed E-state index contributed by atoms with van der Waals surface area (Å²) in [6.45, 7) is 5.24. The number of benzene rings is 1. The van der Waals surface area contributed by atoms with Crippen LogP contribution in [0, 0.1) is 0 Å². The van der Waals surface area contributed by atoms with Crippen molar-refractivity contribution in [3.8, 4) is 0 Å². The zero-order valence-corrected chi connectivity index (χ0v) is 22.9. The molecule has 0 saturated heterocycles. The molecule has 196 valence electrons. The highest BCUT2D eigenvalue weighted by Crippen LogP contribution is 2.25. The number of carbonyl (C=O) groups excluding carboxylic acids is 3. The van der Waals surface area contributed by atoms with Gasteiger partial charge in [-0.25, -0.2) is 4.98 Å². The van der Waals surface area contributed by atoms with Crippen LogP contribution < -0.4 is 10.6 Å². The molecule has 3 heterocycles. The molecule has 38 heavy (non-hydrogen) atoms. The molecule has 2 amide bonds. The minimum Gasteiger partial charge on any atom is -0.354 e. The highest BCUT2D eigenvalue weighted by molar-refractivity contribution is 9.10. The summed E-state index contributed by atoms with van der Waals surface area (Å²) in [5.74, 6) is -0.768. The third-order valence-corrected chi connectivity index (χ3v) is 6.32. The maximum atomic E-state index is 13.3. The van der Waals surface area contributed by atoms with E-state index < -0.39 is 0 Å². The molecule has 0 bridgehead atoms. The molecular formula is C27H28BrN7O3. The van der Waals surface area contributed by atoms with Gasteiger partial charge in [0.15, 0.2) is 5.78 Å². The van der Waals surface area contributed by atoms with Crippen molar-refractivity contribution >= 4 is 55.8 Å². The lowest BCUT2D eigenvalue weighted by molar-refractivity contribution is -0.138. The predicted octanol–water partition coefficient (Wildman–Crippen LogP) is 4.09. The molecule has 0 aliphatic carbocycles. The number of rotatable bonds is 10. The minimum absolute atomic E-state index is 0.0988. The van der Waals surface area contributed by atoms with E-state index in [9.17, 15) is 14.4 Å². The van der Waals surface area contributed by atoms with Crippen molar-refractivity contribution in [3.05, 3.63) is 76.9 Å². The van der Waals surface area contributed by atoms with Crippen molar-refractivity contribution in [2.45, 2.75) is 39.9 Å². The van der Waals surface area contributed by atoms with E-state index in [1.54, 1.807) is 24.7 Å². The van der Waals surface area contributed by atoms with Gasteiger partial charge in [0.2, 0.25) is 11.8 Å². The lowest BCUT2D eigenvalue weighted by Gasteiger charge is -2.26. The first kappa shape index (κ1) is 26.9. The third-order valence-electron chi connectivity index (χ3n) is 5.86. The van der Waals surface area contributed by atoms with E-state index in [2.05, 4.69) is 41.6 Å². The van der Waals surface area contributed by atoms with Gasteiger partial charge in [0.1, 0.15) is 16.8 Å². The Morgan fingerprint density at radius 2 is 1.89 bits per heavy atom. The summed E-state index contributed by atoms with van der Waals surface area (Å²) in [5.41, 5.74) is 3.35. The van der Waals surface area contributed by atoms with Crippen LogP contribution in [-0.2, 0) is 22.7 Å². The van der Waals surface area contributed by atoms with Crippen molar-refractivity contribution in [2.24, 2.45) is 0 Å². The lowest BCUT2D eigenvalue weighted by atomic mass is 10.1. The number of ketones is 1. The minimum atomic E-state index is -0.282. The van der Waals surface area contributed by atoms with E-state index >= 15 is 0 Å². The molecule has 0 saturated carbocycles. The molecule has 0 spiro atoms. The van der Waals surface area contributed by atoms with Crippen LogP contribution in [0.1, 0.15) is 36.8 Å². The smallest absolute Gasteiger partial charge is 0.245 e. The predicted molar refractivity (Wildman–Crippen MR) is 148 cm³/mol. The number of amides is 2. The summed E-state index contributed by atoms with van der Waals surface area (Å²) < 4.78 is 2.23. The molecule has 0 radical (unpaired) electrons. The fourth-order valence-electron chi connectivity index (χ4n) is 3.94. The Kier molecular flexibility index (Phi) is 8.47. The van der Waals surface area contributed by atoms with Gasteiger partial charge in [-0.3, -0.25) is 24.0 Å². The standard InChI is InChI=1S/C27H28BrN7O3/c1-17(2)34(15-25(37)31-13-19-6-9-24(28)30-12-19)26(38)16-35-23-8-7-20(32-21-5-4-10-29-14-21)11-22(23)27(33-35)18(3)36/h4-12,14,17,32H,13,15-16H2,1-3H3,(H,31,37). The van der Waals surface area contributed by atoms with Gasteiger partial charge in [0, 0.05) is 43.0 Å². The third kappa shape index (κ3) is 6.60. The second-order valence-electron chi connectivity index (χ2n) is 9.04. The SMILES string of the molecule is CC(=O)c1nn(CC(=O)N(CC(=O)NCc2ccc(Br)nc2)C(C)C)c2ccc(Nc3cccnc3)cc12. The molecule has 4 aromatic rings. The zero-order chi connectivity index (χ0) is 27.2. The van der Waals surface area contributed by atoms with Gasteiger partial charge in [0.25, 0.3) is 0 Å². The fraction of sp³-hybridized carbons (Fsp3) is 0.259. The first-order valence-electron chi connectivity index (χ1n) is 12.1. The summed E-state index contributed by atoms with van der Waals surface area (Å²) in [4.78, 5) is 48.0. The normalized spacial score (nSPS) is 11.0. The number of nitrogens with one attached hydrogen (secondary N) is 2. The number of carbonyl (C=O) groups is 3. The van der Waals surface area contributed by atoms with Gasteiger partial charge < -0.3 is 15.5 Å². The Morgan fingerprint density at radius 1 is 1.08 bits per heavy atom. The zero-order valence-electron chi connectivity index (χ0n) is 21.3. The van der Waals surface area contributed by atoms with E-state index in [1.165, 1.54) is 16.5 Å². The van der Waals surface area contributed by atoms with Crippen LogP contribution in [0.4, 0.5) is 11.4 Å². The van der Waals surface area contributed by atoms with Crippen LogP contribution in [0.5, 0.6) is 0 Å². The number of anilines is 2. The van der Waals surface area contributed by atoms with Crippen molar-refractivity contribution in [1.29, 1.82) is 0 Å². The fourth-order valence-corrected chi connectivity index (χ4v) is 4.18. The Morgan fingerprint density at radius 3 is 2.55 bits per heavy atom. The summed E-state index contributed by atoms with van der Waals surface area (Å²) in [6, 6.07) is 12.7. The van der Waals surface area contributed by atoms with E-state index in [1.807, 2.05) is 50.2 Å². The first-order chi connectivity index (χ1) is 18.2. The maximum absolute atomic E-state index is 13.3. The Bertz CT molecular complexity index is 1450. The highest BCUT2D eigenvalue weighted by Gasteiger charge is 2.23. The van der Waals surface area contributed by atoms with Gasteiger partial charge in [-0.2, -0.15) is 5.10 Å². The van der Waals surface area contributed by atoms with Crippen LogP contribution in [-0.4, -0.2) is 54.8 Å². The maximum Gasteiger partial charge on any atom is 0.245 e. The van der Waals surface area contributed by atoms with Gasteiger partial charge >= 0.3 is 0 Å². The highest BCUT2D eigenvalue weighted by atomic mass is 79.9. The first-order valence-corrected chi connectivity index (χ1v) is 12.9. The number of pyridine rings is 2. The van der Waals surface area contributed by atoms with Gasteiger partial charge in [0.05, 0.1) is 23.9 Å². The average molecular weight is 578 g/mol. The monoisotopic (exact) mass is 577 g/mol. The second kappa shape index (κ2) is 12.0. The van der Waals surface area contributed by atoms with Crippen molar-refractivity contribution in [2.75, 3.05) is 11.9 Å². The van der Waals surface area contributed by atoms with Crippen LogP contribution in [0.25, 0.3) is 10.9 Å². The molecule has 0 unspecified atom stereocenters. The number of fused-ring (bicyclic) bond motifs is 1. The summed E-state index contributed by atoms with van der Waals surface area (Å²) >= 11 is 3.28. The van der Waals surface area contributed by atoms with Crippen LogP contribution >= 0.6 is 15.9 Å². The molecule has 3 aromatic heterocycles. The van der Waals surface area contributed by atoms with E-state index in [-0.39, 0.29) is 42.4 Å². The topological polar surface area (TPSA) is 122 Å². The quantitative estimate of drug-likeness (QED) is 0.215. The molecule has 0 atom stereocenters. The van der Waals surface area contributed by atoms with Crippen molar-refractivity contribution < 1.29 is 14.4 Å². The number of hydrogen-bond acceptors (Lipinski definition) is 7. The Hall–Kier alpha value is -4.12. The second-order valence-corrected chi connectivity index (χ2v) is 9.85. The molecule has 4 rings (SSSR count). The van der Waals surface area contributed by atoms with E-state index in [4.69, 9.17) is 0 Å².